The Morgan fingerprint density at radius 2 is 1.53 bits per heavy atom. The first-order valence-corrected chi connectivity index (χ1v) is 10.2. The van der Waals surface area contributed by atoms with Crippen molar-refractivity contribution in [1.29, 1.82) is 0 Å². The lowest BCUT2D eigenvalue weighted by atomic mass is 10.1. The summed E-state index contributed by atoms with van der Waals surface area (Å²) < 4.78 is 11.8. The first-order chi connectivity index (χ1) is 14.7. The molecule has 1 aromatic heterocycles. The Hall–Kier alpha value is -3.43. The number of carboxylic acids is 1. The SMILES string of the molecule is CC(C)(C)OC(=O)N(Cc1cn([C@@H](Cc2ccccc2)C(=O)O)nn1)C(=O)OC(C)(C)C. The van der Waals surface area contributed by atoms with Crippen LogP contribution in [0.15, 0.2) is 36.5 Å². The summed E-state index contributed by atoms with van der Waals surface area (Å²) in [4.78, 5) is 37.9. The van der Waals surface area contributed by atoms with Crippen molar-refractivity contribution in [3.05, 3.63) is 47.8 Å². The quantitative estimate of drug-likeness (QED) is 0.710. The maximum atomic E-state index is 12.6. The maximum Gasteiger partial charge on any atom is 0.420 e. The Morgan fingerprint density at radius 3 is 2.00 bits per heavy atom. The molecule has 0 saturated heterocycles. The molecule has 2 amide bonds. The van der Waals surface area contributed by atoms with Gasteiger partial charge in [-0.05, 0) is 47.1 Å². The maximum absolute atomic E-state index is 12.6. The molecule has 2 rings (SSSR count). The lowest BCUT2D eigenvalue weighted by molar-refractivity contribution is -0.141. The first-order valence-electron chi connectivity index (χ1n) is 10.2. The number of aliphatic carboxylic acids is 1. The number of carbonyl (C=O) groups is 3. The van der Waals surface area contributed by atoms with Crippen LogP contribution in [-0.2, 0) is 27.2 Å². The van der Waals surface area contributed by atoms with Crippen LogP contribution in [0, 0.1) is 0 Å². The van der Waals surface area contributed by atoms with Crippen LogP contribution >= 0.6 is 0 Å². The third-order valence-corrected chi connectivity index (χ3v) is 3.98. The number of benzene rings is 1. The van der Waals surface area contributed by atoms with Gasteiger partial charge >= 0.3 is 18.2 Å². The monoisotopic (exact) mass is 446 g/mol. The number of nitrogens with zero attached hydrogens (tertiary/aromatic N) is 4. The molecule has 0 bridgehead atoms. The highest BCUT2D eigenvalue weighted by Gasteiger charge is 2.32. The number of hydrogen-bond donors (Lipinski definition) is 1. The van der Waals surface area contributed by atoms with Gasteiger partial charge in [-0.1, -0.05) is 35.5 Å². The lowest BCUT2D eigenvalue weighted by Crippen LogP contribution is -2.43. The highest BCUT2D eigenvalue weighted by atomic mass is 16.6. The van der Waals surface area contributed by atoms with Gasteiger partial charge in [-0.2, -0.15) is 0 Å². The van der Waals surface area contributed by atoms with E-state index in [9.17, 15) is 19.5 Å². The van der Waals surface area contributed by atoms with Crippen LogP contribution in [0.4, 0.5) is 9.59 Å². The van der Waals surface area contributed by atoms with E-state index in [4.69, 9.17) is 9.47 Å². The molecular formula is C22H30N4O6. The molecule has 1 N–H and O–H groups in total. The number of carbonyl (C=O) groups excluding carboxylic acids is 2. The molecule has 0 aliphatic rings. The molecule has 0 spiro atoms. The summed E-state index contributed by atoms with van der Waals surface area (Å²) >= 11 is 0. The minimum absolute atomic E-state index is 0.195. The molecule has 0 aliphatic heterocycles. The number of aromatic nitrogens is 3. The van der Waals surface area contributed by atoms with Gasteiger partial charge in [-0.25, -0.2) is 24.0 Å². The summed E-state index contributed by atoms with van der Waals surface area (Å²) in [5, 5.41) is 17.5. The van der Waals surface area contributed by atoms with E-state index in [0.29, 0.717) is 0 Å². The van der Waals surface area contributed by atoms with Crippen molar-refractivity contribution in [3.63, 3.8) is 0 Å². The van der Waals surface area contributed by atoms with Gasteiger partial charge in [0.05, 0.1) is 12.7 Å². The highest BCUT2D eigenvalue weighted by molar-refractivity contribution is 5.88. The first kappa shape index (κ1) is 24.8. The van der Waals surface area contributed by atoms with Gasteiger partial charge < -0.3 is 14.6 Å². The molecule has 1 heterocycles. The fourth-order valence-electron chi connectivity index (χ4n) is 2.67. The van der Waals surface area contributed by atoms with Crippen molar-refractivity contribution in [2.75, 3.05) is 0 Å². The zero-order valence-electron chi connectivity index (χ0n) is 19.2. The molecule has 0 unspecified atom stereocenters. The molecule has 10 heteroatoms. The number of ether oxygens (including phenoxy) is 2. The number of carboxylic acid groups (broad SMARTS) is 1. The second-order valence-corrected chi connectivity index (χ2v) is 9.28. The van der Waals surface area contributed by atoms with Gasteiger partial charge in [0, 0.05) is 6.42 Å². The van der Waals surface area contributed by atoms with Crippen molar-refractivity contribution in [1.82, 2.24) is 19.9 Å². The van der Waals surface area contributed by atoms with Crippen LogP contribution in [0.25, 0.3) is 0 Å². The van der Waals surface area contributed by atoms with Gasteiger partial charge in [0.2, 0.25) is 0 Å². The molecule has 0 fully saturated rings. The Labute approximate surface area is 187 Å². The number of amides is 2. The van der Waals surface area contributed by atoms with Crippen LogP contribution in [-0.4, -0.2) is 54.4 Å². The van der Waals surface area contributed by atoms with E-state index in [-0.39, 0.29) is 18.7 Å². The molecule has 0 saturated carbocycles. The van der Waals surface area contributed by atoms with Gasteiger partial charge in [-0.3, -0.25) is 0 Å². The van der Waals surface area contributed by atoms with Gasteiger partial charge in [0.15, 0.2) is 6.04 Å². The van der Waals surface area contributed by atoms with Crippen LogP contribution in [0.2, 0.25) is 0 Å². The molecular weight excluding hydrogens is 416 g/mol. The van der Waals surface area contributed by atoms with Gasteiger partial charge in [0.1, 0.15) is 16.9 Å². The molecule has 1 aromatic carbocycles. The van der Waals surface area contributed by atoms with Crippen LogP contribution in [0.1, 0.15) is 58.8 Å². The molecule has 10 nitrogen and oxygen atoms in total. The average molecular weight is 447 g/mol. The molecule has 1 atom stereocenters. The topological polar surface area (TPSA) is 124 Å². The predicted octanol–water partition coefficient (Wildman–Crippen LogP) is 3.82. The van der Waals surface area contributed by atoms with Crippen molar-refractivity contribution >= 4 is 18.2 Å². The Balaban J connectivity index is 2.25. The Bertz CT molecular complexity index is 915. The smallest absolute Gasteiger partial charge is 0.420 e. The minimum Gasteiger partial charge on any atom is -0.480 e. The summed E-state index contributed by atoms with van der Waals surface area (Å²) in [6, 6.07) is 8.12. The fraction of sp³-hybridized carbons (Fsp3) is 0.500. The van der Waals surface area contributed by atoms with Crippen molar-refractivity contribution in [2.24, 2.45) is 0 Å². The standard InChI is InChI=1S/C22H30N4O6/c1-21(2,3)31-19(29)25(20(30)32-22(4,5)6)13-16-14-26(24-23-16)17(18(27)28)12-15-10-8-7-9-11-15/h7-11,14,17H,12-13H2,1-6H3,(H,27,28)/t17-/m0/s1. The normalized spacial score (nSPS) is 12.7. The predicted molar refractivity (Wildman–Crippen MR) is 115 cm³/mol. The summed E-state index contributed by atoms with van der Waals surface area (Å²) in [6.45, 7) is 9.77. The van der Waals surface area contributed by atoms with E-state index in [2.05, 4.69) is 10.3 Å². The molecule has 0 aliphatic carbocycles. The summed E-state index contributed by atoms with van der Waals surface area (Å²) in [6.07, 6.45) is -0.217. The summed E-state index contributed by atoms with van der Waals surface area (Å²) in [5.41, 5.74) is -0.639. The fourth-order valence-corrected chi connectivity index (χ4v) is 2.67. The van der Waals surface area contributed by atoms with E-state index < -0.39 is 35.4 Å². The summed E-state index contributed by atoms with van der Waals surface area (Å²) in [7, 11) is 0. The average Bonchev–Trinajstić information content (AvgIpc) is 3.10. The van der Waals surface area contributed by atoms with Crippen LogP contribution in [0.3, 0.4) is 0 Å². The van der Waals surface area contributed by atoms with E-state index in [1.807, 2.05) is 30.3 Å². The van der Waals surface area contributed by atoms with E-state index in [0.717, 1.165) is 10.5 Å². The zero-order valence-corrected chi connectivity index (χ0v) is 19.2. The van der Waals surface area contributed by atoms with Crippen molar-refractivity contribution < 1.29 is 29.0 Å². The Morgan fingerprint density at radius 1 is 1.00 bits per heavy atom. The number of rotatable bonds is 6. The molecule has 174 valence electrons. The largest absolute Gasteiger partial charge is 0.480 e. The molecule has 0 radical (unpaired) electrons. The van der Waals surface area contributed by atoms with Crippen molar-refractivity contribution in [3.8, 4) is 0 Å². The third-order valence-electron chi connectivity index (χ3n) is 3.98. The second kappa shape index (κ2) is 9.80. The number of hydrogen-bond acceptors (Lipinski definition) is 7. The Kier molecular flexibility index (Phi) is 7.60. The van der Waals surface area contributed by atoms with Gasteiger partial charge in [0.25, 0.3) is 0 Å². The van der Waals surface area contributed by atoms with E-state index in [1.165, 1.54) is 10.9 Å². The highest BCUT2D eigenvalue weighted by Crippen LogP contribution is 2.18. The zero-order chi connectivity index (χ0) is 24.1. The molecule has 2 aromatic rings. The summed E-state index contributed by atoms with van der Waals surface area (Å²) in [5.74, 6) is -1.08. The van der Waals surface area contributed by atoms with E-state index >= 15 is 0 Å². The molecule has 32 heavy (non-hydrogen) atoms. The minimum atomic E-state index is -1.08. The van der Waals surface area contributed by atoms with Crippen molar-refractivity contribution in [2.45, 2.75) is 71.8 Å². The lowest BCUT2D eigenvalue weighted by Gasteiger charge is -2.28. The van der Waals surface area contributed by atoms with Gasteiger partial charge in [-0.15, -0.1) is 5.10 Å². The van der Waals surface area contributed by atoms with Crippen LogP contribution < -0.4 is 0 Å². The van der Waals surface area contributed by atoms with Crippen LogP contribution in [0.5, 0.6) is 0 Å². The van der Waals surface area contributed by atoms with E-state index in [1.54, 1.807) is 41.5 Å². The third kappa shape index (κ3) is 7.68. The second-order valence-electron chi connectivity index (χ2n) is 9.28. The number of imide groups is 1.